The van der Waals surface area contributed by atoms with Gasteiger partial charge in [-0.05, 0) is 12.1 Å². The number of hydrogen-bond donors (Lipinski definition) is 2. The number of benzene rings is 1. The summed E-state index contributed by atoms with van der Waals surface area (Å²) in [5.41, 5.74) is 0.301. The summed E-state index contributed by atoms with van der Waals surface area (Å²) in [4.78, 5) is 21.9. The van der Waals surface area contributed by atoms with Crippen molar-refractivity contribution >= 4 is 18.0 Å². The number of hydrogen-bond acceptors (Lipinski definition) is 2. The summed E-state index contributed by atoms with van der Waals surface area (Å²) in [6.45, 7) is 0. The Bertz CT molecular complexity index is 468. The summed E-state index contributed by atoms with van der Waals surface area (Å²) in [5, 5.41) is 4.30. The molecule has 0 unspecified atom stereocenters. The van der Waals surface area contributed by atoms with Gasteiger partial charge in [0.2, 0.25) is 0 Å². The number of urea groups is 1. The van der Waals surface area contributed by atoms with Crippen LogP contribution in [0.1, 0.15) is 5.56 Å². The molecule has 1 aliphatic heterocycles. The number of carbonyl (C=O) groups excluding carboxylic acids is 2. The molecule has 1 saturated heterocycles. The first-order valence-corrected chi connectivity index (χ1v) is 4.25. The van der Waals surface area contributed by atoms with Crippen molar-refractivity contribution in [3.8, 4) is 0 Å². The molecule has 0 saturated carbocycles. The Morgan fingerprint density at radius 2 is 1.87 bits per heavy atom. The Hall–Kier alpha value is -2.17. The van der Waals surface area contributed by atoms with Gasteiger partial charge in [0.1, 0.15) is 11.5 Å². The highest BCUT2D eigenvalue weighted by Crippen LogP contribution is 2.11. The molecule has 2 rings (SSSR count). The fourth-order valence-electron chi connectivity index (χ4n) is 1.23. The standard InChI is InChI=1S/C10H7FN2O2/c11-7-4-2-1-3-6(7)5-8-9(14)13-10(15)12-8/h1-5H,(H2,12,13,14,15). The molecule has 4 nitrogen and oxygen atoms in total. The van der Waals surface area contributed by atoms with Crippen LogP contribution in [0, 0.1) is 5.82 Å². The van der Waals surface area contributed by atoms with E-state index in [0.29, 0.717) is 0 Å². The Labute approximate surface area is 84.8 Å². The van der Waals surface area contributed by atoms with Crippen LogP contribution in [-0.4, -0.2) is 11.9 Å². The van der Waals surface area contributed by atoms with E-state index in [9.17, 15) is 14.0 Å². The van der Waals surface area contributed by atoms with Gasteiger partial charge in [-0.25, -0.2) is 9.18 Å². The van der Waals surface area contributed by atoms with Crippen molar-refractivity contribution in [3.05, 3.63) is 41.3 Å². The van der Waals surface area contributed by atoms with Crippen molar-refractivity contribution in [1.29, 1.82) is 0 Å². The molecular formula is C10H7FN2O2. The van der Waals surface area contributed by atoms with Crippen molar-refractivity contribution in [2.24, 2.45) is 0 Å². The van der Waals surface area contributed by atoms with E-state index in [-0.39, 0.29) is 11.3 Å². The van der Waals surface area contributed by atoms with Gasteiger partial charge >= 0.3 is 6.03 Å². The van der Waals surface area contributed by atoms with Crippen LogP contribution in [0.5, 0.6) is 0 Å². The molecule has 0 bridgehead atoms. The maximum atomic E-state index is 13.2. The van der Waals surface area contributed by atoms with E-state index >= 15 is 0 Å². The van der Waals surface area contributed by atoms with Gasteiger partial charge in [0, 0.05) is 5.56 Å². The third kappa shape index (κ3) is 1.85. The van der Waals surface area contributed by atoms with Crippen LogP contribution >= 0.6 is 0 Å². The highest BCUT2D eigenvalue weighted by atomic mass is 19.1. The number of rotatable bonds is 1. The highest BCUT2D eigenvalue weighted by Gasteiger charge is 2.22. The van der Waals surface area contributed by atoms with Gasteiger partial charge < -0.3 is 5.32 Å². The van der Waals surface area contributed by atoms with Crippen molar-refractivity contribution in [3.63, 3.8) is 0 Å². The van der Waals surface area contributed by atoms with Crippen LogP contribution in [-0.2, 0) is 4.79 Å². The van der Waals surface area contributed by atoms with E-state index in [1.165, 1.54) is 18.2 Å². The Balaban J connectivity index is 2.35. The van der Waals surface area contributed by atoms with Gasteiger partial charge in [0.05, 0.1) is 0 Å². The Kier molecular flexibility index (Phi) is 2.21. The monoisotopic (exact) mass is 206 g/mol. The number of nitrogens with one attached hydrogen (secondary N) is 2. The van der Waals surface area contributed by atoms with E-state index in [1.54, 1.807) is 12.1 Å². The topological polar surface area (TPSA) is 58.2 Å². The van der Waals surface area contributed by atoms with Crippen molar-refractivity contribution in [1.82, 2.24) is 10.6 Å². The summed E-state index contributed by atoms with van der Waals surface area (Å²) in [6, 6.07) is 5.39. The average Bonchev–Trinajstić information content (AvgIpc) is 2.49. The first-order chi connectivity index (χ1) is 7.16. The molecule has 15 heavy (non-hydrogen) atoms. The summed E-state index contributed by atoms with van der Waals surface area (Å²) >= 11 is 0. The first kappa shape index (κ1) is 9.39. The number of amides is 3. The minimum Gasteiger partial charge on any atom is -0.303 e. The second kappa shape index (κ2) is 3.53. The van der Waals surface area contributed by atoms with Crippen LogP contribution in [0.15, 0.2) is 30.0 Å². The Morgan fingerprint density at radius 3 is 2.47 bits per heavy atom. The lowest BCUT2D eigenvalue weighted by Crippen LogP contribution is -2.22. The maximum absolute atomic E-state index is 13.2. The van der Waals surface area contributed by atoms with E-state index in [0.717, 1.165) is 0 Å². The molecule has 1 aromatic rings. The van der Waals surface area contributed by atoms with Crippen LogP contribution in [0.25, 0.3) is 6.08 Å². The quantitative estimate of drug-likeness (QED) is 0.532. The SMILES string of the molecule is O=C1NC(=O)C(=Cc2ccccc2F)N1. The average molecular weight is 206 g/mol. The second-order valence-electron chi connectivity index (χ2n) is 2.99. The molecule has 0 aliphatic carbocycles. The number of imide groups is 1. The lowest BCUT2D eigenvalue weighted by molar-refractivity contribution is -0.115. The fourth-order valence-corrected chi connectivity index (χ4v) is 1.23. The van der Waals surface area contributed by atoms with E-state index in [2.05, 4.69) is 5.32 Å². The smallest absolute Gasteiger partial charge is 0.303 e. The van der Waals surface area contributed by atoms with Crippen LogP contribution in [0.2, 0.25) is 0 Å². The van der Waals surface area contributed by atoms with Crippen LogP contribution in [0.4, 0.5) is 9.18 Å². The van der Waals surface area contributed by atoms with Crippen LogP contribution < -0.4 is 10.6 Å². The molecule has 0 radical (unpaired) electrons. The van der Waals surface area contributed by atoms with Crippen LogP contribution in [0.3, 0.4) is 0 Å². The zero-order valence-electron chi connectivity index (χ0n) is 7.58. The molecule has 76 valence electrons. The maximum Gasteiger partial charge on any atom is 0.326 e. The number of carbonyl (C=O) groups is 2. The lowest BCUT2D eigenvalue weighted by Gasteiger charge is -1.97. The first-order valence-electron chi connectivity index (χ1n) is 4.25. The van der Waals surface area contributed by atoms with Gasteiger partial charge in [0.15, 0.2) is 0 Å². The van der Waals surface area contributed by atoms with Gasteiger partial charge in [0.25, 0.3) is 5.91 Å². The summed E-state index contributed by atoms with van der Waals surface area (Å²) in [5.74, 6) is -0.998. The van der Waals surface area contributed by atoms with Gasteiger partial charge in [-0.2, -0.15) is 0 Å². The largest absolute Gasteiger partial charge is 0.326 e. The van der Waals surface area contributed by atoms with Crippen molar-refractivity contribution < 1.29 is 14.0 Å². The zero-order chi connectivity index (χ0) is 10.8. The summed E-state index contributed by atoms with van der Waals surface area (Å²) in [6.07, 6.45) is 1.29. The fraction of sp³-hybridized carbons (Fsp3) is 0. The van der Waals surface area contributed by atoms with Gasteiger partial charge in [-0.1, -0.05) is 18.2 Å². The molecule has 5 heteroatoms. The molecule has 2 N–H and O–H groups in total. The molecular weight excluding hydrogens is 199 g/mol. The predicted octanol–water partition coefficient (Wildman–Crippen LogP) is 1.01. The minimum atomic E-state index is -0.595. The summed E-state index contributed by atoms with van der Waals surface area (Å²) in [7, 11) is 0. The molecule has 1 heterocycles. The Morgan fingerprint density at radius 1 is 1.13 bits per heavy atom. The van der Waals surface area contributed by atoms with E-state index in [1.807, 2.05) is 5.32 Å². The normalized spacial score (nSPS) is 17.8. The molecule has 0 aromatic heterocycles. The third-order valence-electron chi connectivity index (χ3n) is 1.92. The minimum absolute atomic E-state index is 0.0464. The number of halogens is 1. The van der Waals surface area contributed by atoms with Gasteiger partial charge in [-0.3, -0.25) is 10.1 Å². The highest BCUT2D eigenvalue weighted by molar-refractivity contribution is 6.13. The second-order valence-corrected chi connectivity index (χ2v) is 2.99. The molecule has 3 amide bonds. The molecule has 1 aromatic carbocycles. The summed E-state index contributed by atoms with van der Waals surface area (Å²) < 4.78 is 13.2. The van der Waals surface area contributed by atoms with E-state index < -0.39 is 17.8 Å². The predicted molar refractivity (Wildman–Crippen MR) is 51.1 cm³/mol. The molecule has 1 aliphatic rings. The lowest BCUT2D eigenvalue weighted by atomic mass is 10.2. The molecule has 1 fully saturated rings. The van der Waals surface area contributed by atoms with Gasteiger partial charge in [-0.15, -0.1) is 0 Å². The van der Waals surface area contributed by atoms with Crippen molar-refractivity contribution in [2.45, 2.75) is 0 Å². The molecule has 0 atom stereocenters. The molecule has 0 spiro atoms. The third-order valence-corrected chi connectivity index (χ3v) is 1.92. The van der Waals surface area contributed by atoms with E-state index in [4.69, 9.17) is 0 Å². The zero-order valence-corrected chi connectivity index (χ0v) is 7.58. The van der Waals surface area contributed by atoms with Crippen molar-refractivity contribution in [2.75, 3.05) is 0 Å².